The van der Waals surface area contributed by atoms with E-state index < -0.39 is 16.8 Å². The van der Waals surface area contributed by atoms with E-state index in [9.17, 15) is 19.7 Å². The maximum Gasteiger partial charge on any atom is 0.306 e. The number of carbonyl (C=O) groups excluding carboxylic acids is 1. The van der Waals surface area contributed by atoms with Crippen molar-refractivity contribution in [2.75, 3.05) is 18.0 Å². The molecule has 0 atom stereocenters. The van der Waals surface area contributed by atoms with Gasteiger partial charge in [-0.15, -0.1) is 0 Å². The summed E-state index contributed by atoms with van der Waals surface area (Å²) in [6.45, 7) is 0.869. The summed E-state index contributed by atoms with van der Waals surface area (Å²) < 4.78 is 0. The molecule has 0 saturated carbocycles. The lowest BCUT2D eigenvalue weighted by Gasteiger charge is -2.31. The number of carboxylic acids is 1. The van der Waals surface area contributed by atoms with Gasteiger partial charge in [0.05, 0.1) is 10.8 Å². The molecule has 0 aliphatic carbocycles. The number of piperidine rings is 1. The van der Waals surface area contributed by atoms with Gasteiger partial charge in [0, 0.05) is 30.3 Å². The van der Waals surface area contributed by atoms with Crippen LogP contribution < -0.4 is 4.90 Å². The number of nitro groups is 1. The zero-order valence-corrected chi connectivity index (χ0v) is 14.0. The molecule has 1 N–H and O–H groups in total. The Morgan fingerprint density at radius 3 is 2.27 bits per heavy atom. The Bertz CT molecular complexity index is 842. The molecular weight excluding hydrogens is 336 g/mol. The molecule has 3 rings (SSSR count). The number of aliphatic carboxylic acids is 1. The number of nitrogens with zero attached hydrogens (tertiary/aromatic N) is 2. The van der Waals surface area contributed by atoms with Crippen molar-refractivity contribution in [1.82, 2.24) is 0 Å². The molecule has 1 aliphatic rings. The molecule has 1 heterocycles. The molecule has 7 heteroatoms. The normalized spacial score (nSPS) is 14.8. The van der Waals surface area contributed by atoms with Crippen LogP contribution in [0, 0.1) is 16.0 Å². The van der Waals surface area contributed by atoms with E-state index in [0.29, 0.717) is 37.2 Å². The van der Waals surface area contributed by atoms with Crippen LogP contribution in [-0.2, 0) is 4.79 Å². The Morgan fingerprint density at radius 2 is 1.69 bits per heavy atom. The molecule has 134 valence electrons. The summed E-state index contributed by atoms with van der Waals surface area (Å²) in [7, 11) is 0. The monoisotopic (exact) mass is 354 g/mol. The highest BCUT2D eigenvalue weighted by Crippen LogP contribution is 2.33. The van der Waals surface area contributed by atoms with Crippen molar-refractivity contribution in [2.24, 2.45) is 5.92 Å². The van der Waals surface area contributed by atoms with E-state index in [1.807, 2.05) is 4.90 Å². The second-order valence-corrected chi connectivity index (χ2v) is 6.26. The van der Waals surface area contributed by atoms with Crippen LogP contribution in [-0.4, -0.2) is 34.9 Å². The highest BCUT2D eigenvalue weighted by molar-refractivity contribution is 6.09. The van der Waals surface area contributed by atoms with Crippen molar-refractivity contribution >= 4 is 23.1 Å². The van der Waals surface area contributed by atoms with Gasteiger partial charge >= 0.3 is 5.97 Å². The van der Waals surface area contributed by atoms with Crippen molar-refractivity contribution in [3.05, 3.63) is 69.8 Å². The molecule has 7 nitrogen and oxygen atoms in total. The molecule has 0 spiro atoms. The van der Waals surface area contributed by atoms with E-state index in [0.717, 1.165) is 0 Å². The first kappa shape index (κ1) is 17.6. The summed E-state index contributed by atoms with van der Waals surface area (Å²) in [5.74, 6) is -1.52. The average Bonchev–Trinajstić information content (AvgIpc) is 2.67. The van der Waals surface area contributed by atoms with Gasteiger partial charge in [0.25, 0.3) is 5.69 Å². The fraction of sp³-hybridized carbons (Fsp3) is 0.263. The third-order valence-electron chi connectivity index (χ3n) is 4.66. The van der Waals surface area contributed by atoms with Crippen molar-refractivity contribution in [3.8, 4) is 0 Å². The fourth-order valence-corrected chi connectivity index (χ4v) is 3.20. The molecule has 0 aromatic heterocycles. The highest BCUT2D eigenvalue weighted by atomic mass is 16.6. The Hall–Kier alpha value is -3.22. The van der Waals surface area contributed by atoms with Gasteiger partial charge in [0.1, 0.15) is 5.69 Å². The lowest BCUT2D eigenvalue weighted by atomic mass is 9.96. The first-order valence-electron chi connectivity index (χ1n) is 8.33. The summed E-state index contributed by atoms with van der Waals surface area (Å²) in [4.78, 5) is 36.4. The smallest absolute Gasteiger partial charge is 0.306 e. The standard InChI is InChI=1S/C19H18N2O5/c22-18(13-4-2-1-3-5-13)15-6-7-16(17(12-15)21(25)26)20-10-8-14(9-11-20)19(23)24/h1-7,12,14H,8-11H2,(H,23,24). The third-order valence-corrected chi connectivity index (χ3v) is 4.66. The SMILES string of the molecule is O=C(c1ccccc1)c1ccc(N2CCC(C(=O)O)CC2)c([N+](=O)[O-])c1. The predicted octanol–water partition coefficient (Wildman–Crippen LogP) is 3.13. The summed E-state index contributed by atoms with van der Waals surface area (Å²) in [5.41, 5.74) is 1.01. The van der Waals surface area contributed by atoms with Crippen LogP contribution in [0.3, 0.4) is 0 Å². The number of anilines is 1. The van der Waals surface area contributed by atoms with E-state index in [4.69, 9.17) is 5.11 Å². The van der Waals surface area contributed by atoms with Gasteiger partial charge in [-0.2, -0.15) is 0 Å². The lowest BCUT2D eigenvalue weighted by Crippen LogP contribution is -2.36. The molecule has 0 amide bonds. The lowest BCUT2D eigenvalue weighted by molar-refractivity contribution is -0.384. The highest BCUT2D eigenvalue weighted by Gasteiger charge is 2.28. The number of rotatable bonds is 5. The second kappa shape index (κ2) is 7.35. The van der Waals surface area contributed by atoms with Crippen LogP contribution in [0.4, 0.5) is 11.4 Å². The van der Waals surface area contributed by atoms with Gasteiger partial charge in [-0.1, -0.05) is 30.3 Å². The summed E-state index contributed by atoms with van der Waals surface area (Å²) in [5, 5.41) is 20.6. The van der Waals surface area contributed by atoms with Gasteiger partial charge in [0.2, 0.25) is 0 Å². The first-order valence-corrected chi connectivity index (χ1v) is 8.33. The summed E-state index contributed by atoms with van der Waals surface area (Å²) in [6.07, 6.45) is 0.883. The number of hydrogen-bond acceptors (Lipinski definition) is 5. The van der Waals surface area contributed by atoms with Crippen LogP contribution in [0.15, 0.2) is 48.5 Å². The molecule has 0 radical (unpaired) electrons. The number of benzene rings is 2. The number of carboxylic acid groups (broad SMARTS) is 1. The number of carbonyl (C=O) groups is 2. The summed E-state index contributed by atoms with van der Waals surface area (Å²) in [6, 6.07) is 13.1. The van der Waals surface area contributed by atoms with E-state index in [2.05, 4.69) is 0 Å². The van der Waals surface area contributed by atoms with E-state index >= 15 is 0 Å². The Kier molecular flexibility index (Phi) is 4.97. The van der Waals surface area contributed by atoms with E-state index in [-0.39, 0.29) is 17.0 Å². The zero-order valence-electron chi connectivity index (χ0n) is 14.0. The number of hydrogen-bond donors (Lipinski definition) is 1. The minimum absolute atomic E-state index is 0.138. The van der Waals surface area contributed by atoms with Crippen molar-refractivity contribution in [1.29, 1.82) is 0 Å². The molecule has 0 bridgehead atoms. The van der Waals surface area contributed by atoms with Crippen LogP contribution in [0.5, 0.6) is 0 Å². The molecule has 26 heavy (non-hydrogen) atoms. The second-order valence-electron chi connectivity index (χ2n) is 6.26. The van der Waals surface area contributed by atoms with Gasteiger partial charge < -0.3 is 10.0 Å². The summed E-state index contributed by atoms with van der Waals surface area (Å²) >= 11 is 0. The maximum absolute atomic E-state index is 12.5. The minimum atomic E-state index is -0.831. The predicted molar refractivity (Wildman–Crippen MR) is 95.5 cm³/mol. The molecule has 1 saturated heterocycles. The molecular formula is C19H18N2O5. The van der Waals surface area contributed by atoms with E-state index in [1.165, 1.54) is 6.07 Å². The molecule has 1 aliphatic heterocycles. The number of nitro benzene ring substituents is 1. The topological polar surface area (TPSA) is 101 Å². The van der Waals surface area contributed by atoms with Gasteiger partial charge in [-0.05, 0) is 25.0 Å². The van der Waals surface area contributed by atoms with Crippen LogP contribution >= 0.6 is 0 Å². The van der Waals surface area contributed by atoms with Crippen LogP contribution in [0.1, 0.15) is 28.8 Å². The van der Waals surface area contributed by atoms with Crippen molar-refractivity contribution in [3.63, 3.8) is 0 Å². The maximum atomic E-state index is 12.5. The zero-order chi connectivity index (χ0) is 18.7. The third kappa shape index (κ3) is 3.56. The Morgan fingerprint density at radius 1 is 1.04 bits per heavy atom. The van der Waals surface area contributed by atoms with Crippen LogP contribution in [0.25, 0.3) is 0 Å². The Labute approximate surface area is 150 Å². The van der Waals surface area contributed by atoms with Crippen molar-refractivity contribution < 1.29 is 19.6 Å². The molecule has 2 aromatic rings. The average molecular weight is 354 g/mol. The molecule has 0 unspecified atom stereocenters. The van der Waals surface area contributed by atoms with Gasteiger partial charge in [0.15, 0.2) is 5.78 Å². The van der Waals surface area contributed by atoms with Crippen molar-refractivity contribution in [2.45, 2.75) is 12.8 Å². The van der Waals surface area contributed by atoms with Crippen LogP contribution in [0.2, 0.25) is 0 Å². The number of ketones is 1. The molecule has 2 aromatic carbocycles. The van der Waals surface area contributed by atoms with Gasteiger partial charge in [-0.3, -0.25) is 19.7 Å². The fourth-order valence-electron chi connectivity index (χ4n) is 3.20. The van der Waals surface area contributed by atoms with E-state index in [1.54, 1.807) is 42.5 Å². The first-order chi connectivity index (χ1) is 12.5. The Balaban J connectivity index is 1.87. The largest absolute Gasteiger partial charge is 0.481 e. The molecule has 1 fully saturated rings. The quantitative estimate of drug-likeness (QED) is 0.503. The van der Waals surface area contributed by atoms with Gasteiger partial charge in [-0.25, -0.2) is 0 Å². The minimum Gasteiger partial charge on any atom is -0.481 e.